The fourth-order valence-corrected chi connectivity index (χ4v) is 6.38. The van der Waals surface area contributed by atoms with Gasteiger partial charge < -0.3 is 4.90 Å². The number of aromatic nitrogens is 2. The van der Waals surface area contributed by atoms with Gasteiger partial charge in [0.05, 0.1) is 11.1 Å². The van der Waals surface area contributed by atoms with E-state index < -0.39 is 0 Å². The molecular formula is C21H29N3O2S2. The number of amides is 1. The molecule has 0 atom stereocenters. The molecule has 0 spiro atoms. The number of rotatable bonds is 5. The third kappa shape index (κ3) is 4.15. The number of nitrogens with zero attached hydrogens (tertiary/aromatic N) is 3. The van der Waals surface area contributed by atoms with Crippen LogP contribution in [0.4, 0.5) is 0 Å². The highest BCUT2D eigenvalue weighted by Gasteiger charge is 2.32. The van der Waals surface area contributed by atoms with Crippen molar-refractivity contribution in [3.63, 3.8) is 0 Å². The van der Waals surface area contributed by atoms with Gasteiger partial charge in [0.2, 0.25) is 5.91 Å². The molecule has 0 aliphatic heterocycles. The van der Waals surface area contributed by atoms with E-state index in [-0.39, 0.29) is 11.5 Å². The molecule has 5 nitrogen and oxygen atoms in total. The van der Waals surface area contributed by atoms with Gasteiger partial charge in [-0.25, -0.2) is 4.98 Å². The summed E-state index contributed by atoms with van der Waals surface area (Å²) in [4.78, 5) is 33.4. The van der Waals surface area contributed by atoms with Crippen LogP contribution in [-0.4, -0.2) is 38.2 Å². The van der Waals surface area contributed by atoms with E-state index in [4.69, 9.17) is 0 Å². The van der Waals surface area contributed by atoms with Crippen LogP contribution in [0.2, 0.25) is 0 Å². The third-order valence-electron chi connectivity index (χ3n) is 6.21. The first-order valence-electron chi connectivity index (χ1n) is 10.5. The zero-order valence-electron chi connectivity index (χ0n) is 16.6. The minimum Gasteiger partial charge on any atom is -0.336 e. The van der Waals surface area contributed by atoms with Crippen LogP contribution in [-0.2, 0) is 11.8 Å². The summed E-state index contributed by atoms with van der Waals surface area (Å²) in [5.74, 6) is 0.591. The Morgan fingerprint density at radius 3 is 2.36 bits per heavy atom. The van der Waals surface area contributed by atoms with E-state index in [1.54, 1.807) is 11.6 Å². The van der Waals surface area contributed by atoms with Crippen LogP contribution in [0.5, 0.6) is 0 Å². The average molecular weight is 420 g/mol. The fraction of sp³-hybridized carbons (Fsp3) is 0.667. The zero-order valence-corrected chi connectivity index (χ0v) is 18.2. The molecule has 152 valence electrons. The Balaban J connectivity index is 1.51. The highest BCUT2D eigenvalue weighted by Crippen LogP contribution is 2.31. The van der Waals surface area contributed by atoms with E-state index in [0.29, 0.717) is 28.4 Å². The van der Waals surface area contributed by atoms with Gasteiger partial charge in [-0.3, -0.25) is 14.2 Å². The molecule has 0 unspecified atom stereocenters. The molecule has 2 aromatic heterocycles. The molecule has 2 saturated carbocycles. The van der Waals surface area contributed by atoms with Crippen molar-refractivity contribution in [3.05, 3.63) is 21.8 Å². The van der Waals surface area contributed by atoms with E-state index in [2.05, 4.69) is 9.88 Å². The highest BCUT2D eigenvalue weighted by atomic mass is 32.2. The van der Waals surface area contributed by atoms with Crippen LogP contribution in [0.1, 0.15) is 64.2 Å². The summed E-state index contributed by atoms with van der Waals surface area (Å²) in [5, 5.41) is 3.20. The summed E-state index contributed by atoms with van der Waals surface area (Å²) in [7, 11) is 1.75. The van der Waals surface area contributed by atoms with Gasteiger partial charge in [0, 0.05) is 19.1 Å². The van der Waals surface area contributed by atoms with Crippen molar-refractivity contribution in [2.24, 2.45) is 7.05 Å². The number of carbonyl (C=O) groups excluding carboxylic acids is 1. The molecular weight excluding hydrogens is 390 g/mol. The SMILES string of the molecule is Cn1c(SCC(=O)N(C2CCCCC2)C2CCCCC2)nc2sccc2c1=O. The van der Waals surface area contributed by atoms with Gasteiger partial charge in [-0.2, -0.15) is 0 Å². The van der Waals surface area contributed by atoms with Gasteiger partial charge in [-0.05, 0) is 37.1 Å². The van der Waals surface area contributed by atoms with E-state index in [0.717, 1.165) is 30.5 Å². The Bertz CT molecular complexity index is 861. The van der Waals surface area contributed by atoms with Crippen LogP contribution in [0, 0.1) is 0 Å². The molecule has 0 radical (unpaired) electrons. The van der Waals surface area contributed by atoms with Crippen LogP contribution in [0.25, 0.3) is 10.2 Å². The van der Waals surface area contributed by atoms with Crippen LogP contribution >= 0.6 is 23.1 Å². The van der Waals surface area contributed by atoms with Gasteiger partial charge >= 0.3 is 0 Å². The van der Waals surface area contributed by atoms with Crippen molar-refractivity contribution >= 4 is 39.2 Å². The van der Waals surface area contributed by atoms with Crippen molar-refractivity contribution in [1.82, 2.24) is 14.5 Å². The molecule has 0 aromatic carbocycles. The summed E-state index contributed by atoms with van der Waals surface area (Å²) >= 11 is 2.89. The molecule has 0 saturated heterocycles. The van der Waals surface area contributed by atoms with Crippen molar-refractivity contribution < 1.29 is 4.79 Å². The van der Waals surface area contributed by atoms with E-state index >= 15 is 0 Å². The summed E-state index contributed by atoms with van der Waals surface area (Å²) in [6.45, 7) is 0. The Kier molecular flexibility index (Phi) is 6.41. The number of hydrogen-bond acceptors (Lipinski definition) is 5. The maximum atomic E-state index is 13.3. The fourth-order valence-electron chi connectivity index (χ4n) is 4.73. The van der Waals surface area contributed by atoms with Crippen LogP contribution < -0.4 is 5.56 Å². The van der Waals surface area contributed by atoms with Gasteiger partial charge in [0.15, 0.2) is 5.16 Å². The normalized spacial score (nSPS) is 19.2. The average Bonchev–Trinajstić information content (AvgIpc) is 3.20. The molecule has 4 rings (SSSR count). The number of hydrogen-bond donors (Lipinski definition) is 0. The zero-order chi connectivity index (χ0) is 19.5. The number of carbonyl (C=O) groups is 1. The maximum Gasteiger partial charge on any atom is 0.262 e. The van der Waals surface area contributed by atoms with Crippen LogP contribution in [0.3, 0.4) is 0 Å². The molecule has 7 heteroatoms. The number of thiophene rings is 1. The van der Waals surface area contributed by atoms with E-state index in [9.17, 15) is 9.59 Å². The first-order valence-corrected chi connectivity index (χ1v) is 12.4. The topological polar surface area (TPSA) is 55.2 Å². The van der Waals surface area contributed by atoms with E-state index in [1.807, 2.05) is 11.4 Å². The second-order valence-corrected chi connectivity index (χ2v) is 9.91. The van der Waals surface area contributed by atoms with E-state index in [1.165, 1.54) is 61.6 Å². The number of thioether (sulfide) groups is 1. The monoisotopic (exact) mass is 419 g/mol. The molecule has 28 heavy (non-hydrogen) atoms. The molecule has 1 amide bonds. The molecule has 2 aliphatic rings. The molecule has 0 bridgehead atoms. The minimum atomic E-state index is -0.0300. The second-order valence-electron chi connectivity index (χ2n) is 8.07. The lowest BCUT2D eigenvalue weighted by molar-refractivity contribution is -0.135. The van der Waals surface area contributed by atoms with Gasteiger partial charge in [0.1, 0.15) is 4.83 Å². The Labute approximate surface area is 174 Å². The molecule has 0 N–H and O–H groups in total. The molecule has 2 fully saturated rings. The summed E-state index contributed by atoms with van der Waals surface area (Å²) in [6, 6.07) is 2.63. The first kappa shape index (κ1) is 20.0. The standard InChI is InChI=1S/C21H29N3O2S2/c1-23-20(26)17-12-13-27-19(17)22-21(23)28-14-18(25)24(15-8-4-2-5-9-15)16-10-6-3-7-11-16/h12-13,15-16H,2-11,14H2,1H3. The molecule has 2 heterocycles. The highest BCUT2D eigenvalue weighted by molar-refractivity contribution is 7.99. The molecule has 2 aliphatic carbocycles. The lowest BCUT2D eigenvalue weighted by Crippen LogP contribution is -2.49. The summed E-state index contributed by atoms with van der Waals surface area (Å²) < 4.78 is 1.58. The third-order valence-corrected chi connectivity index (χ3v) is 8.03. The Morgan fingerprint density at radius 2 is 1.75 bits per heavy atom. The smallest absolute Gasteiger partial charge is 0.262 e. The predicted octanol–water partition coefficient (Wildman–Crippen LogP) is 4.58. The largest absolute Gasteiger partial charge is 0.336 e. The first-order chi connectivity index (χ1) is 13.6. The van der Waals surface area contributed by atoms with Crippen LogP contribution in [0.15, 0.2) is 21.4 Å². The van der Waals surface area contributed by atoms with Crippen molar-refractivity contribution in [2.45, 2.75) is 81.4 Å². The molecule has 2 aromatic rings. The lowest BCUT2D eigenvalue weighted by Gasteiger charge is -2.41. The van der Waals surface area contributed by atoms with Gasteiger partial charge in [-0.1, -0.05) is 50.3 Å². The maximum absolute atomic E-state index is 13.3. The predicted molar refractivity (Wildman–Crippen MR) is 116 cm³/mol. The minimum absolute atomic E-state index is 0.0300. The van der Waals surface area contributed by atoms with Gasteiger partial charge in [-0.15, -0.1) is 11.3 Å². The van der Waals surface area contributed by atoms with Crippen molar-refractivity contribution in [2.75, 3.05) is 5.75 Å². The lowest BCUT2D eigenvalue weighted by atomic mass is 9.88. The van der Waals surface area contributed by atoms with Gasteiger partial charge in [0.25, 0.3) is 5.56 Å². The Hall–Kier alpha value is -1.34. The summed E-state index contributed by atoms with van der Waals surface area (Å²) in [5.41, 5.74) is -0.0300. The number of fused-ring (bicyclic) bond motifs is 1. The van der Waals surface area contributed by atoms with Crippen molar-refractivity contribution in [1.29, 1.82) is 0 Å². The summed E-state index contributed by atoms with van der Waals surface area (Å²) in [6.07, 6.45) is 12.1. The van der Waals surface area contributed by atoms with Crippen molar-refractivity contribution in [3.8, 4) is 0 Å². The second kappa shape index (κ2) is 8.99. The quantitative estimate of drug-likeness (QED) is 0.526. The Morgan fingerprint density at radius 1 is 1.14 bits per heavy atom.